The van der Waals surface area contributed by atoms with Gasteiger partial charge in [0.15, 0.2) is 0 Å². The Morgan fingerprint density at radius 2 is 0.833 bits per heavy atom. The Balaban J connectivity index is 1.21. The lowest BCUT2D eigenvalue weighted by Gasteiger charge is -2.09. The molecule has 0 aliphatic rings. The zero-order chi connectivity index (χ0) is 29.6. The van der Waals surface area contributed by atoms with Crippen molar-refractivity contribution in [2.24, 2.45) is 0 Å². The lowest BCUT2D eigenvalue weighted by atomic mass is 10.0. The van der Waals surface area contributed by atoms with Gasteiger partial charge in [-0.05, 0) is 83.6 Å². The molecule has 0 aliphatic carbocycles. The molecule has 2 N–H and O–H groups in total. The fourth-order valence-corrected chi connectivity index (χ4v) is 4.32. The van der Waals surface area contributed by atoms with Gasteiger partial charge in [-0.15, -0.1) is 0 Å². The van der Waals surface area contributed by atoms with Crippen molar-refractivity contribution in [3.63, 3.8) is 0 Å². The highest BCUT2D eigenvalue weighted by Crippen LogP contribution is 2.26. The molecule has 42 heavy (non-hydrogen) atoms. The number of carbonyl (C=O) groups excluding carboxylic acids is 2. The van der Waals surface area contributed by atoms with Crippen LogP contribution in [0.15, 0.2) is 115 Å². The summed E-state index contributed by atoms with van der Waals surface area (Å²) in [5.41, 5.74) is 5.39. The van der Waals surface area contributed by atoms with Crippen molar-refractivity contribution in [3.05, 3.63) is 138 Å². The lowest BCUT2D eigenvalue weighted by Crippen LogP contribution is -2.15. The van der Waals surface area contributed by atoms with Gasteiger partial charge in [-0.25, -0.2) is 14.6 Å². The second-order valence-corrected chi connectivity index (χ2v) is 9.83. The molecule has 4 aromatic carbocycles. The normalized spacial score (nSPS) is 12.3. The van der Waals surface area contributed by atoms with Gasteiger partial charge < -0.3 is 19.7 Å². The van der Waals surface area contributed by atoms with E-state index >= 15 is 0 Å². The number of aliphatic hydroxyl groups excluding tert-OH is 2. The average molecular weight is 560 g/mol. The monoisotopic (exact) mass is 559 g/mol. The number of hydrogen-bond donors (Lipinski definition) is 2. The van der Waals surface area contributed by atoms with E-state index in [0.717, 1.165) is 33.4 Å². The molecule has 5 aromatic rings. The first kappa shape index (κ1) is 28.4. The molecule has 0 radical (unpaired) electrons. The Morgan fingerprint density at radius 3 is 1.14 bits per heavy atom. The number of benzene rings is 4. The van der Waals surface area contributed by atoms with Crippen LogP contribution >= 0.6 is 0 Å². The molecular formula is C35H29NO6. The van der Waals surface area contributed by atoms with Crippen LogP contribution in [0.5, 0.6) is 11.5 Å². The van der Waals surface area contributed by atoms with Crippen LogP contribution in [0, 0.1) is 0 Å². The Bertz CT molecular complexity index is 1550. The van der Waals surface area contributed by atoms with Crippen LogP contribution in [-0.2, 0) is 0 Å². The Kier molecular flexibility index (Phi) is 8.52. The van der Waals surface area contributed by atoms with Crippen molar-refractivity contribution in [1.82, 2.24) is 4.98 Å². The highest BCUT2D eigenvalue weighted by Gasteiger charge is 2.16. The van der Waals surface area contributed by atoms with E-state index in [4.69, 9.17) is 9.47 Å². The number of carbonyl (C=O) groups is 2. The third kappa shape index (κ3) is 6.78. The molecule has 2 unspecified atom stereocenters. The smallest absolute Gasteiger partial charge is 0.362 e. The summed E-state index contributed by atoms with van der Waals surface area (Å²) in [6.45, 7) is 3.43. The van der Waals surface area contributed by atoms with Gasteiger partial charge in [0.25, 0.3) is 0 Å². The second kappa shape index (κ2) is 12.6. The van der Waals surface area contributed by atoms with Gasteiger partial charge in [0.2, 0.25) is 0 Å². The lowest BCUT2D eigenvalue weighted by molar-refractivity contribution is 0.0722. The number of nitrogens with zero attached hydrogens (tertiary/aromatic N) is 1. The standard InChI is InChI=1S/C35H29NO6/c1-22(37)24-6-10-26(11-7-24)28-14-18-30(19-15-28)41-34(39)32-4-3-5-33(36-32)35(40)42-31-20-16-29(17-21-31)27-12-8-25(9-13-27)23(2)38/h3-23,37-38H,1-2H3. The van der Waals surface area contributed by atoms with Crippen LogP contribution < -0.4 is 9.47 Å². The number of aromatic nitrogens is 1. The van der Waals surface area contributed by atoms with Crippen LogP contribution in [0.25, 0.3) is 22.3 Å². The van der Waals surface area contributed by atoms with Crippen LogP contribution in [0.4, 0.5) is 0 Å². The maximum atomic E-state index is 12.8. The summed E-state index contributed by atoms with van der Waals surface area (Å²) in [6.07, 6.45) is -1.07. The minimum atomic E-state index is -0.704. The van der Waals surface area contributed by atoms with E-state index in [1.165, 1.54) is 12.1 Å². The first-order chi connectivity index (χ1) is 20.3. The van der Waals surface area contributed by atoms with E-state index in [2.05, 4.69) is 4.98 Å². The van der Waals surface area contributed by atoms with Crippen LogP contribution in [0.2, 0.25) is 0 Å². The van der Waals surface area contributed by atoms with Crippen molar-refractivity contribution >= 4 is 11.9 Å². The topological polar surface area (TPSA) is 106 Å². The minimum Gasteiger partial charge on any atom is -0.422 e. The average Bonchev–Trinajstić information content (AvgIpc) is 3.02. The number of pyridine rings is 1. The zero-order valence-corrected chi connectivity index (χ0v) is 23.1. The second-order valence-electron chi connectivity index (χ2n) is 9.83. The maximum absolute atomic E-state index is 12.8. The molecule has 1 aromatic heterocycles. The highest BCUT2D eigenvalue weighted by atomic mass is 16.5. The molecule has 0 fully saturated rings. The summed E-state index contributed by atoms with van der Waals surface area (Å²) in [4.78, 5) is 29.7. The first-order valence-corrected chi connectivity index (χ1v) is 13.4. The molecule has 0 saturated heterocycles. The molecule has 7 nitrogen and oxygen atoms in total. The fraction of sp³-hybridized carbons (Fsp3) is 0.114. The Morgan fingerprint density at radius 1 is 0.524 bits per heavy atom. The van der Waals surface area contributed by atoms with Gasteiger partial charge in [0, 0.05) is 0 Å². The molecular weight excluding hydrogens is 530 g/mol. The van der Waals surface area contributed by atoms with E-state index in [1.807, 2.05) is 72.8 Å². The number of esters is 2. The van der Waals surface area contributed by atoms with Gasteiger partial charge in [-0.2, -0.15) is 0 Å². The summed E-state index contributed by atoms with van der Waals surface area (Å²) < 4.78 is 10.9. The number of aliphatic hydroxyl groups is 2. The largest absolute Gasteiger partial charge is 0.422 e. The summed E-state index contributed by atoms with van der Waals surface area (Å²) in [5, 5.41) is 19.4. The number of ether oxygens (including phenoxy) is 2. The van der Waals surface area contributed by atoms with Crippen molar-refractivity contribution in [3.8, 4) is 33.8 Å². The number of rotatable bonds is 8. The predicted molar refractivity (Wildman–Crippen MR) is 159 cm³/mol. The van der Waals surface area contributed by atoms with Crippen molar-refractivity contribution in [1.29, 1.82) is 0 Å². The Hall–Kier alpha value is -5.11. The third-order valence-electron chi connectivity index (χ3n) is 6.75. The minimum absolute atomic E-state index is 0.0294. The van der Waals surface area contributed by atoms with Crippen LogP contribution in [0.1, 0.15) is 58.2 Å². The van der Waals surface area contributed by atoms with E-state index < -0.39 is 24.1 Å². The van der Waals surface area contributed by atoms with Crippen molar-refractivity contribution in [2.45, 2.75) is 26.1 Å². The maximum Gasteiger partial charge on any atom is 0.362 e. The van der Waals surface area contributed by atoms with Crippen molar-refractivity contribution < 1.29 is 29.3 Å². The molecule has 0 bridgehead atoms. The molecule has 2 atom stereocenters. The molecule has 5 rings (SSSR count). The summed E-state index contributed by atoms with van der Waals surface area (Å²) in [7, 11) is 0. The van der Waals surface area contributed by atoms with E-state index in [1.54, 1.807) is 44.2 Å². The van der Waals surface area contributed by atoms with Crippen LogP contribution in [0.3, 0.4) is 0 Å². The zero-order valence-electron chi connectivity index (χ0n) is 23.1. The van der Waals surface area contributed by atoms with Crippen LogP contribution in [-0.4, -0.2) is 27.1 Å². The Labute approximate surface area is 243 Å². The molecule has 0 amide bonds. The predicted octanol–water partition coefficient (Wildman–Crippen LogP) is 6.96. The molecule has 0 spiro atoms. The summed E-state index contributed by atoms with van der Waals surface area (Å²) in [6, 6.07) is 33.7. The summed E-state index contributed by atoms with van der Waals surface area (Å²) >= 11 is 0. The fourth-order valence-electron chi connectivity index (χ4n) is 4.32. The SMILES string of the molecule is CC(O)c1ccc(-c2ccc(OC(=O)c3cccc(C(=O)Oc4ccc(-c5ccc(C(C)O)cc5)cc4)n3)cc2)cc1. The van der Waals surface area contributed by atoms with Gasteiger partial charge >= 0.3 is 11.9 Å². The van der Waals surface area contributed by atoms with E-state index in [-0.39, 0.29) is 11.4 Å². The quantitative estimate of drug-likeness (QED) is 0.156. The molecule has 0 saturated carbocycles. The molecule has 7 heteroatoms. The summed E-state index contributed by atoms with van der Waals surface area (Å²) in [5.74, 6) is -0.742. The number of hydrogen-bond acceptors (Lipinski definition) is 7. The van der Waals surface area contributed by atoms with E-state index in [9.17, 15) is 19.8 Å². The van der Waals surface area contributed by atoms with Gasteiger partial charge in [-0.1, -0.05) is 78.9 Å². The van der Waals surface area contributed by atoms with Gasteiger partial charge in [0.05, 0.1) is 12.2 Å². The molecule has 1 heterocycles. The third-order valence-corrected chi connectivity index (χ3v) is 6.75. The van der Waals surface area contributed by atoms with Crippen molar-refractivity contribution in [2.75, 3.05) is 0 Å². The highest BCUT2D eigenvalue weighted by molar-refractivity contribution is 5.93. The van der Waals surface area contributed by atoms with Gasteiger partial charge in [0.1, 0.15) is 22.9 Å². The van der Waals surface area contributed by atoms with Gasteiger partial charge in [-0.3, -0.25) is 0 Å². The first-order valence-electron chi connectivity index (χ1n) is 13.4. The molecule has 210 valence electrons. The van der Waals surface area contributed by atoms with E-state index in [0.29, 0.717) is 11.5 Å². The molecule has 0 aliphatic heterocycles.